The molecule has 0 bridgehead atoms. The van der Waals surface area contributed by atoms with Gasteiger partial charge in [0.1, 0.15) is 0 Å². The number of halogens is 1. The summed E-state index contributed by atoms with van der Waals surface area (Å²) in [5.74, 6) is 0. The van der Waals surface area contributed by atoms with Crippen LogP contribution in [0.15, 0.2) is 89.4 Å². The lowest BCUT2D eigenvalue weighted by Crippen LogP contribution is -2.12. The van der Waals surface area contributed by atoms with Gasteiger partial charge >= 0.3 is 0 Å². The summed E-state index contributed by atoms with van der Waals surface area (Å²) < 4.78 is 1.21. The van der Waals surface area contributed by atoms with E-state index in [1.54, 1.807) is 0 Å². The Morgan fingerprint density at radius 2 is 1.28 bits per heavy atom. The molecule has 0 aliphatic heterocycles. The van der Waals surface area contributed by atoms with Crippen LogP contribution in [0.1, 0.15) is 26.3 Å². The molecule has 0 aliphatic carbocycles. The van der Waals surface area contributed by atoms with Crippen LogP contribution in [-0.4, -0.2) is 0 Å². The Balaban J connectivity index is 1.96. The Hall–Kier alpha value is -2.64. The predicted molar refractivity (Wildman–Crippen MR) is 131 cm³/mol. The highest BCUT2D eigenvalue weighted by Gasteiger charge is 2.21. The largest absolute Gasteiger partial charge is 0.0616 e. The molecule has 0 amide bonds. The molecule has 1 heteroatoms. The van der Waals surface area contributed by atoms with Gasteiger partial charge in [0.25, 0.3) is 0 Å². The van der Waals surface area contributed by atoms with E-state index in [-0.39, 0.29) is 5.41 Å². The summed E-state index contributed by atoms with van der Waals surface area (Å²) >= 11 is 4.00. The smallest absolute Gasteiger partial charge is 0.0297 e. The minimum atomic E-state index is 0.0688. The highest BCUT2D eigenvalue weighted by atomic mass is 79.9. The third-order valence-corrected chi connectivity index (χ3v) is 6.64. The Labute approximate surface area is 180 Å². The minimum absolute atomic E-state index is 0.0688. The monoisotopic (exact) mass is 438 g/mol. The maximum Gasteiger partial charge on any atom is 0.0297 e. The van der Waals surface area contributed by atoms with Gasteiger partial charge in [-0.05, 0) is 77.1 Å². The quantitative estimate of drug-likeness (QED) is 0.229. The molecule has 0 spiro atoms. The lowest BCUT2D eigenvalue weighted by Gasteiger charge is -2.23. The van der Waals surface area contributed by atoms with Crippen LogP contribution in [0.3, 0.4) is 0 Å². The maximum absolute atomic E-state index is 4.00. The number of hydrogen-bond donors (Lipinski definition) is 0. The highest BCUT2D eigenvalue weighted by Crippen LogP contribution is 2.44. The molecule has 0 heterocycles. The average molecular weight is 439 g/mol. The van der Waals surface area contributed by atoms with Gasteiger partial charge in [0.2, 0.25) is 0 Å². The van der Waals surface area contributed by atoms with Crippen LogP contribution in [0.5, 0.6) is 0 Å². The summed E-state index contributed by atoms with van der Waals surface area (Å²) in [6, 6.07) is 31.0. The minimum Gasteiger partial charge on any atom is -0.0616 e. The first-order valence-electron chi connectivity index (χ1n) is 10.1. The third-order valence-electron chi connectivity index (χ3n) is 5.81. The van der Waals surface area contributed by atoms with Crippen LogP contribution in [0, 0.1) is 0 Å². The second kappa shape index (κ2) is 6.71. The van der Waals surface area contributed by atoms with Gasteiger partial charge < -0.3 is 0 Å². The number of fused-ring (bicyclic) bond motifs is 3. The van der Waals surface area contributed by atoms with Gasteiger partial charge in [0.15, 0.2) is 0 Å². The van der Waals surface area contributed by atoms with Gasteiger partial charge in [-0.15, -0.1) is 0 Å². The van der Waals surface area contributed by atoms with E-state index < -0.39 is 0 Å². The summed E-state index contributed by atoms with van der Waals surface area (Å²) in [4.78, 5) is 0. The van der Waals surface area contributed by atoms with Gasteiger partial charge in [0, 0.05) is 9.86 Å². The number of benzene rings is 5. The molecule has 0 nitrogen and oxygen atoms in total. The van der Waals surface area contributed by atoms with E-state index in [2.05, 4.69) is 122 Å². The number of rotatable bonds is 1. The second-order valence-corrected chi connectivity index (χ2v) is 9.60. The van der Waals surface area contributed by atoms with Crippen molar-refractivity contribution in [1.29, 1.82) is 0 Å². The van der Waals surface area contributed by atoms with E-state index >= 15 is 0 Å². The van der Waals surface area contributed by atoms with Crippen molar-refractivity contribution in [2.24, 2.45) is 0 Å². The van der Waals surface area contributed by atoms with Crippen LogP contribution in [0.4, 0.5) is 0 Å². The van der Waals surface area contributed by atoms with Gasteiger partial charge in [-0.2, -0.15) is 0 Å². The van der Waals surface area contributed by atoms with Gasteiger partial charge in [-0.25, -0.2) is 0 Å². The molecular formula is C28H23Br. The summed E-state index contributed by atoms with van der Waals surface area (Å²) in [5.41, 5.74) is 3.97. The molecule has 29 heavy (non-hydrogen) atoms. The summed E-state index contributed by atoms with van der Waals surface area (Å²) in [7, 11) is 0. The summed E-state index contributed by atoms with van der Waals surface area (Å²) in [5, 5.41) is 7.68. The fourth-order valence-corrected chi connectivity index (χ4v) is 5.50. The van der Waals surface area contributed by atoms with Gasteiger partial charge in [-0.1, -0.05) is 93.6 Å². The SMILES string of the molecule is CC(C)(C)c1ccc2cc3ccccc3c(-c3ccc4ccccc4c3)c2c1Br. The summed E-state index contributed by atoms with van der Waals surface area (Å²) in [6.45, 7) is 6.82. The molecule has 0 N–H and O–H groups in total. The van der Waals surface area contributed by atoms with Crippen molar-refractivity contribution in [1.82, 2.24) is 0 Å². The first-order valence-corrected chi connectivity index (χ1v) is 10.9. The molecule has 0 unspecified atom stereocenters. The summed E-state index contributed by atoms with van der Waals surface area (Å²) in [6.07, 6.45) is 0. The van der Waals surface area contributed by atoms with E-state index in [4.69, 9.17) is 0 Å². The molecule has 0 saturated carbocycles. The number of hydrogen-bond acceptors (Lipinski definition) is 0. The van der Waals surface area contributed by atoms with Crippen molar-refractivity contribution in [2.75, 3.05) is 0 Å². The van der Waals surface area contributed by atoms with Crippen LogP contribution < -0.4 is 0 Å². The second-order valence-electron chi connectivity index (χ2n) is 8.81. The maximum atomic E-state index is 4.00. The van der Waals surface area contributed by atoms with E-state index in [9.17, 15) is 0 Å². The standard InChI is InChI=1S/C28H23Br/c1-28(2,3)24-15-14-22-17-20-10-6-7-11-23(20)25(26(22)27(24)29)21-13-12-18-8-4-5-9-19(18)16-21/h4-17H,1-3H3. The Morgan fingerprint density at radius 3 is 2.03 bits per heavy atom. The van der Waals surface area contributed by atoms with Crippen molar-refractivity contribution in [3.8, 4) is 11.1 Å². The zero-order chi connectivity index (χ0) is 20.2. The van der Waals surface area contributed by atoms with Crippen LogP contribution in [-0.2, 0) is 5.41 Å². The first kappa shape index (κ1) is 18.4. The molecule has 142 valence electrons. The molecule has 0 radical (unpaired) electrons. The molecular weight excluding hydrogens is 416 g/mol. The van der Waals surface area contributed by atoms with Crippen LogP contribution in [0.2, 0.25) is 0 Å². The van der Waals surface area contributed by atoms with E-state index in [0.717, 1.165) is 0 Å². The fourth-order valence-electron chi connectivity index (χ4n) is 4.34. The lowest BCUT2D eigenvalue weighted by molar-refractivity contribution is 0.588. The van der Waals surface area contributed by atoms with Crippen molar-refractivity contribution in [2.45, 2.75) is 26.2 Å². The van der Waals surface area contributed by atoms with Crippen LogP contribution in [0.25, 0.3) is 43.4 Å². The normalized spacial score (nSPS) is 12.1. The van der Waals surface area contributed by atoms with Gasteiger partial charge in [0.05, 0.1) is 0 Å². The van der Waals surface area contributed by atoms with E-state index in [1.807, 2.05) is 0 Å². The predicted octanol–water partition coefficient (Wildman–Crippen LogP) is 8.87. The zero-order valence-corrected chi connectivity index (χ0v) is 18.5. The van der Waals surface area contributed by atoms with Crippen molar-refractivity contribution in [3.63, 3.8) is 0 Å². The van der Waals surface area contributed by atoms with Crippen molar-refractivity contribution < 1.29 is 0 Å². The van der Waals surface area contributed by atoms with Crippen molar-refractivity contribution >= 4 is 48.2 Å². The lowest BCUT2D eigenvalue weighted by atomic mass is 9.83. The average Bonchev–Trinajstić information content (AvgIpc) is 2.71. The van der Waals surface area contributed by atoms with Gasteiger partial charge in [-0.3, -0.25) is 0 Å². The molecule has 0 saturated heterocycles. The van der Waals surface area contributed by atoms with Crippen molar-refractivity contribution in [3.05, 3.63) is 95.0 Å². The Kier molecular flexibility index (Phi) is 4.26. The molecule has 0 fully saturated rings. The van der Waals surface area contributed by atoms with E-state index in [1.165, 1.54) is 53.5 Å². The van der Waals surface area contributed by atoms with E-state index in [0.29, 0.717) is 0 Å². The molecule has 5 aromatic carbocycles. The molecule has 5 rings (SSSR count). The highest BCUT2D eigenvalue weighted by molar-refractivity contribution is 9.10. The first-order chi connectivity index (χ1) is 13.9. The molecule has 0 aliphatic rings. The molecule has 5 aromatic rings. The Bertz CT molecular complexity index is 1390. The topological polar surface area (TPSA) is 0 Å². The Morgan fingerprint density at radius 1 is 0.621 bits per heavy atom. The zero-order valence-electron chi connectivity index (χ0n) is 17.0. The van der Waals surface area contributed by atoms with Crippen LogP contribution >= 0.6 is 15.9 Å². The third kappa shape index (κ3) is 3.05. The fraction of sp³-hybridized carbons (Fsp3) is 0.143. The molecule has 0 aromatic heterocycles. The molecule has 0 atom stereocenters.